The normalized spacial score (nSPS) is 48.0. The van der Waals surface area contributed by atoms with Gasteiger partial charge in [0.1, 0.15) is 0 Å². The first-order chi connectivity index (χ1) is 11.0. The second-order valence-electron chi connectivity index (χ2n) is 9.09. The van der Waals surface area contributed by atoms with E-state index in [9.17, 15) is 5.11 Å². The second kappa shape index (κ2) is 4.50. The van der Waals surface area contributed by atoms with Gasteiger partial charge < -0.3 is 5.11 Å². The van der Waals surface area contributed by atoms with Gasteiger partial charge in [0.05, 0.1) is 12.3 Å². The Balaban J connectivity index is 1.53. The number of aliphatic hydroxyl groups is 1. The Hall–Kier alpha value is -1.09. The summed E-state index contributed by atoms with van der Waals surface area (Å²) in [6, 6.07) is 0. The second-order valence-corrected chi connectivity index (χ2v) is 9.09. The van der Waals surface area contributed by atoms with Crippen molar-refractivity contribution in [3.63, 3.8) is 0 Å². The van der Waals surface area contributed by atoms with E-state index in [2.05, 4.69) is 36.3 Å². The molecule has 2 N–H and O–H groups in total. The van der Waals surface area contributed by atoms with Crippen LogP contribution in [0.25, 0.3) is 0 Å². The summed E-state index contributed by atoms with van der Waals surface area (Å²) in [5, 5.41) is 17.7. The Bertz CT molecular complexity index is 677. The zero-order valence-corrected chi connectivity index (χ0v) is 14.3. The van der Waals surface area contributed by atoms with Crippen LogP contribution >= 0.6 is 0 Å². The largest absolute Gasteiger partial charge is 0.393 e. The molecule has 5 rings (SSSR count). The molecule has 3 heteroatoms. The molecule has 0 saturated heterocycles. The Morgan fingerprint density at radius 3 is 2.83 bits per heavy atom. The van der Waals surface area contributed by atoms with E-state index in [1.165, 1.54) is 43.4 Å². The average molecular weight is 312 g/mol. The van der Waals surface area contributed by atoms with Gasteiger partial charge in [-0.25, -0.2) is 0 Å². The SMILES string of the molecule is C[C@]12CC[C@H](O)CC1=CC[C@H]1[C@H]2CC[C@@]2(C)c3[nH]ncc3C[C@@H]12. The maximum absolute atomic E-state index is 10.1. The summed E-state index contributed by atoms with van der Waals surface area (Å²) in [6.07, 6.45) is 12.6. The number of rotatable bonds is 0. The molecule has 2 fully saturated rings. The van der Waals surface area contributed by atoms with Crippen LogP contribution in [0.15, 0.2) is 17.8 Å². The van der Waals surface area contributed by atoms with Gasteiger partial charge in [0.25, 0.3) is 0 Å². The minimum atomic E-state index is -0.0999. The molecule has 6 atom stereocenters. The van der Waals surface area contributed by atoms with Crippen LogP contribution in [0.3, 0.4) is 0 Å². The summed E-state index contributed by atoms with van der Waals surface area (Å²) in [6.45, 7) is 4.98. The van der Waals surface area contributed by atoms with Crippen LogP contribution in [-0.4, -0.2) is 21.4 Å². The molecule has 0 aliphatic heterocycles. The van der Waals surface area contributed by atoms with E-state index >= 15 is 0 Å². The number of H-pyrrole nitrogens is 1. The van der Waals surface area contributed by atoms with Gasteiger partial charge >= 0.3 is 0 Å². The number of aromatic amines is 1. The summed E-state index contributed by atoms with van der Waals surface area (Å²) in [5.41, 5.74) is 5.12. The molecule has 1 heterocycles. The molecule has 4 aliphatic rings. The first-order valence-corrected chi connectivity index (χ1v) is 9.43. The molecule has 124 valence electrons. The molecule has 0 aromatic carbocycles. The number of hydrogen-bond donors (Lipinski definition) is 2. The fourth-order valence-corrected chi connectivity index (χ4v) is 6.85. The minimum absolute atomic E-state index is 0.0999. The van der Waals surface area contributed by atoms with Crippen molar-refractivity contribution in [1.29, 1.82) is 0 Å². The standard InChI is InChI=1S/C20H28N2O/c1-19-7-5-14(23)10-13(19)3-4-15-16(19)6-8-20(2)17(15)9-12-11-21-22-18(12)20/h3,11,14-17,23H,4-10H2,1-2H3,(H,21,22)/t14-,15-,16+,17-,19-,20+/m0/s1. The Morgan fingerprint density at radius 1 is 1.13 bits per heavy atom. The summed E-state index contributed by atoms with van der Waals surface area (Å²) in [5.74, 6) is 2.38. The van der Waals surface area contributed by atoms with Gasteiger partial charge in [-0.05, 0) is 73.7 Å². The molecule has 0 amide bonds. The van der Waals surface area contributed by atoms with Crippen molar-refractivity contribution >= 4 is 0 Å². The maximum atomic E-state index is 10.1. The summed E-state index contributed by atoms with van der Waals surface area (Å²) in [4.78, 5) is 0. The lowest BCUT2D eigenvalue weighted by molar-refractivity contribution is -0.0172. The van der Waals surface area contributed by atoms with E-state index in [1.54, 1.807) is 5.57 Å². The molecule has 0 bridgehead atoms. The van der Waals surface area contributed by atoms with Gasteiger partial charge in [-0.3, -0.25) is 5.10 Å². The third kappa shape index (κ3) is 1.72. The molecular weight excluding hydrogens is 284 g/mol. The predicted octanol–water partition coefficient (Wildman–Crippen LogP) is 3.75. The zero-order valence-electron chi connectivity index (χ0n) is 14.3. The number of nitrogens with zero attached hydrogens (tertiary/aromatic N) is 1. The molecule has 0 unspecified atom stereocenters. The number of fused-ring (bicyclic) bond motifs is 7. The fourth-order valence-electron chi connectivity index (χ4n) is 6.85. The van der Waals surface area contributed by atoms with Crippen LogP contribution in [0.1, 0.15) is 63.6 Å². The van der Waals surface area contributed by atoms with Crippen LogP contribution in [-0.2, 0) is 11.8 Å². The van der Waals surface area contributed by atoms with E-state index in [-0.39, 0.29) is 6.10 Å². The van der Waals surface area contributed by atoms with E-state index in [1.807, 2.05) is 0 Å². The van der Waals surface area contributed by atoms with Crippen LogP contribution in [0.4, 0.5) is 0 Å². The highest BCUT2D eigenvalue weighted by Crippen LogP contribution is 2.63. The predicted molar refractivity (Wildman–Crippen MR) is 90.0 cm³/mol. The smallest absolute Gasteiger partial charge is 0.0577 e. The number of aromatic nitrogens is 2. The van der Waals surface area contributed by atoms with E-state index < -0.39 is 0 Å². The highest BCUT2D eigenvalue weighted by molar-refractivity contribution is 5.36. The lowest BCUT2D eigenvalue weighted by Crippen LogP contribution is -2.51. The van der Waals surface area contributed by atoms with Gasteiger partial charge in [-0.1, -0.05) is 25.5 Å². The molecule has 2 saturated carbocycles. The van der Waals surface area contributed by atoms with Crippen molar-refractivity contribution in [2.24, 2.45) is 23.2 Å². The van der Waals surface area contributed by atoms with E-state index in [0.29, 0.717) is 10.8 Å². The minimum Gasteiger partial charge on any atom is -0.393 e. The number of nitrogens with one attached hydrogen (secondary N) is 1. The monoisotopic (exact) mass is 312 g/mol. The molecule has 1 aromatic heterocycles. The molecule has 4 aliphatic carbocycles. The quantitative estimate of drug-likeness (QED) is 0.717. The Kier molecular flexibility index (Phi) is 2.79. The van der Waals surface area contributed by atoms with E-state index in [0.717, 1.165) is 30.6 Å². The van der Waals surface area contributed by atoms with Crippen LogP contribution in [0, 0.1) is 23.2 Å². The molecule has 0 spiro atoms. The van der Waals surface area contributed by atoms with Crippen molar-refractivity contribution in [1.82, 2.24) is 10.2 Å². The topological polar surface area (TPSA) is 48.9 Å². The number of hydrogen-bond acceptors (Lipinski definition) is 2. The summed E-state index contributed by atoms with van der Waals surface area (Å²) >= 11 is 0. The summed E-state index contributed by atoms with van der Waals surface area (Å²) < 4.78 is 0. The molecular formula is C20H28N2O. The van der Waals surface area contributed by atoms with Crippen molar-refractivity contribution in [3.8, 4) is 0 Å². The van der Waals surface area contributed by atoms with Crippen LogP contribution in [0.2, 0.25) is 0 Å². The maximum Gasteiger partial charge on any atom is 0.0577 e. The van der Waals surface area contributed by atoms with E-state index in [4.69, 9.17) is 0 Å². The van der Waals surface area contributed by atoms with Crippen LogP contribution < -0.4 is 0 Å². The Morgan fingerprint density at radius 2 is 1.96 bits per heavy atom. The highest BCUT2D eigenvalue weighted by atomic mass is 16.3. The lowest BCUT2D eigenvalue weighted by atomic mass is 9.48. The first-order valence-electron chi connectivity index (χ1n) is 9.43. The van der Waals surface area contributed by atoms with Crippen LogP contribution in [0.5, 0.6) is 0 Å². The summed E-state index contributed by atoms with van der Waals surface area (Å²) in [7, 11) is 0. The molecule has 3 nitrogen and oxygen atoms in total. The van der Waals surface area contributed by atoms with Crippen molar-refractivity contribution in [2.75, 3.05) is 0 Å². The van der Waals surface area contributed by atoms with Crippen molar-refractivity contribution < 1.29 is 5.11 Å². The highest BCUT2D eigenvalue weighted by Gasteiger charge is 2.57. The van der Waals surface area contributed by atoms with Crippen molar-refractivity contribution in [2.45, 2.75) is 70.3 Å². The lowest BCUT2D eigenvalue weighted by Gasteiger charge is -2.57. The number of allylic oxidation sites excluding steroid dienone is 1. The third-order valence-corrected chi connectivity index (χ3v) is 8.20. The third-order valence-electron chi connectivity index (χ3n) is 8.20. The number of aliphatic hydroxyl groups excluding tert-OH is 1. The fraction of sp³-hybridized carbons (Fsp3) is 0.750. The van der Waals surface area contributed by atoms with Gasteiger partial charge in [-0.2, -0.15) is 5.10 Å². The Labute approximate surface area is 138 Å². The van der Waals surface area contributed by atoms with Gasteiger partial charge in [0, 0.05) is 11.1 Å². The van der Waals surface area contributed by atoms with Gasteiger partial charge in [-0.15, -0.1) is 0 Å². The molecule has 1 aromatic rings. The average Bonchev–Trinajstić information content (AvgIpc) is 3.09. The molecule has 0 radical (unpaired) electrons. The zero-order chi connectivity index (χ0) is 15.8. The first kappa shape index (κ1) is 14.3. The molecule has 23 heavy (non-hydrogen) atoms. The van der Waals surface area contributed by atoms with Gasteiger partial charge in [0.2, 0.25) is 0 Å². The van der Waals surface area contributed by atoms with Crippen molar-refractivity contribution in [3.05, 3.63) is 29.1 Å². The van der Waals surface area contributed by atoms with Gasteiger partial charge in [0.15, 0.2) is 0 Å².